The first-order valence-corrected chi connectivity index (χ1v) is 7.75. The average Bonchev–Trinajstić information content (AvgIpc) is 2.47. The number of hydrogen-bond donors (Lipinski definition) is 2. The number of nitriles is 1. The fourth-order valence-electron chi connectivity index (χ4n) is 2.31. The van der Waals surface area contributed by atoms with Crippen molar-refractivity contribution in [3.8, 4) is 6.07 Å². The van der Waals surface area contributed by atoms with E-state index in [1.54, 1.807) is 0 Å². The number of hydrogen-bond acceptors (Lipinski definition) is 3. The highest BCUT2D eigenvalue weighted by atomic mass is 79.9. The van der Waals surface area contributed by atoms with Crippen molar-refractivity contribution in [2.75, 3.05) is 0 Å². The molecule has 118 valence electrons. The molecule has 6 heteroatoms. The van der Waals surface area contributed by atoms with Crippen LogP contribution in [0.1, 0.15) is 37.7 Å². The van der Waals surface area contributed by atoms with E-state index in [1.807, 2.05) is 24.3 Å². The predicted molar refractivity (Wildman–Crippen MR) is 84.2 cm³/mol. The lowest BCUT2D eigenvalue weighted by Gasteiger charge is -2.25. The molecule has 0 saturated carbocycles. The van der Waals surface area contributed by atoms with Crippen molar-refractivity contribution in [1.29, 1.82) is 5.26 Å². The Labute approximate surface area is 137 Å². The lowest BCUT2D eigenvalue weighted by atomic mass is 9.76. The van der Waals surface area contributed by atoms with E-state index in [0.717, 1.165) is 10.0 Å². The minimum Gasteiger partial charge on any atom is -0.481 e. The molecule has 0 amide bonds. The number of carbonyl (C=O) groups is 2. The molecule has 0 saturated heterocycles. The molecular formula is C16H18BrNO4. The zero-order valence-electron chi connectivity index (χ0n) is 12.1. The van der Waals surface area contributed by atoms with E-state index in [1.165, 1.54) is 0 Å². The lowest BCUT2D eigenvalue weighted by Crippen LogP contribution is -2.22. The van der Waals surface area contributed by atoms with E-state index in [2.05, 4.69) is 22.0 Å². The number of carboxylic acids is 2. The second kappa shape index (κ2) is 8.54. The summed E-state index contributed by atoms with van der Waals surface area (Å²) in [6, 6.07) is 9.84. The Hall–Kier alpha value is -1.87. The summed E-state index contributed by atoms with van der Waals surface area (Å²) < 4.78 is 0.934. The molecule has 0 aliphatic carbocycles. The predicted octanol–water partition coefficient (Wildman–Crippen LogP) is 3.62. The van der Waals surface area contributed by atoms with Gasteiger partial charge in [0.15, 0.2) is 0 Å². The summed E-state index contributed by atoms with van der Waals surface area (Å²) >= 11 is 3.38. The van der Waals surface area contributed by atoms with Gasteiger partial charge in [-0.25, -0.2) is 0 Å². The first-order valence-electron chi connectivity index (χ1n) is 6.96. The van der Waals surface area contributed by atoms with E-state index >= 15 is 0 Å². The van der Waals surface area contributed by atoms with Crippen LogP contribution in [0.25, 0.3) is 0 Å². The number of benzene rings is 1. The van der Waals surface area contributed by atoms with Crippen molar-refractivity contribution in [3.63, 3.8) is 0 Å². The Balaban J connectivity index is 2.80. The second-order valence-electron chi connectivity index (χ2n) is 5.31. The molecular weight excluding hydrogens is 350 g/mol. The number of aliphatic carboxylic acids is 2. The van der Waals surface area contributed by atoms with Crippen LogP contribution in [0.3, 0.4) is 0 Å². The standard InChI is InChI=1S/C16H18BrNO4/c17-13-3-1-2-12(10-13)4-7-16(11-18,8-5-14(19)20)9-6-15(21)22/h1-3,10H,4-9H2,(H,19,20)(H,21,22). The van der Waals surface area contributed by atoms with Gasteiger partial charge >= 0.3 is 11.9 Å². The van der Waals surface area contributed by atoms with Crippen molar-refractivity contribution in [1.82, 2.24) is 0 Å². The minimum atomic E-state index is -0.975. The highest BCUT2D eigenvalue weighted by molar-refractivity contribution is 9.10. The molecule has 0 aliphatic rings. The van der Waals surface area contributed by atoms with E-state index < -0.39 is 17.4 Å². The topological polar surface area (TPSA) is 98.4 Å². The Morgan fingerprint density at radius 2 is 1.73 bits per heavy atom. The number of carboxylic acid groups (broad SMARTS) is 2. The average molecular weight is 368 g/mol. The molecule has 5 nitrogen and oxygen atoms in total. The molecule has 1 aromatic carbocycles. The van der Waals surface area contributed by atoms with Crippen LogP contribution in [0.4, 0.5) is 0 Å². The first-order chi connectivity index (χ1) is 10.4. The molecule has 22 heavy (non-hydrogen) atoms. The number of rotatable bonds is 9. The van der Waals surface area contributed by atoms with Gasteiger partial charge in [0.1, 0.15) is 0 Å². The van der Waals surface area contributed by atoms with Crippen LogP contribution in [-0.2, 0) is 16.0 Å². The van der Waals surface area contributed by atoms with Gasteiger partial charge in [-0.2, -0.15) is 5.26 Å². The van der Waals surface area contributed by atoms with E-state index in [9.17, 15) is 14.9 Å². The monoisotopic (exact) mass is 367 g/mol. The third-order valence-corrected chi connectivity index (χ3v) is 4.15. The second-order valence-corrected chi connectivity index (χ2v) is 6.23. The van der Waals surface area contributed by atoms with Crippen molar-refractivity contribution in [2.45, 2.75) is 38.5 Å². The smallest absolute Gasteiger partial charge is 0.303 e. The molecule has 0 atom stereocenters. The van der Waals surface area contributed by atoms with Gasteiger partial charge < -0.3 is 10.2 Å². The first kappa shape index (κ1) is 18.2. The third kappa shape index (κ3) is 6.27. The summed E-state index contributed by atoms with van der Waals surface area (Å²) in [4.78, 5) is 21.6. The van der Waals surface area contributed by atoms with E-state index in [4.69, 9.17) is 10.2 Å². The van der Waals surface area contributed by atoms with Crippen molar-refractivity contribution >= 4 is 27.9 Å². The highest BCUT2D eigenvalue weighted by Crippen LogP contribution is 2.34. The molecule has 1 rings (SSSR count). The maximum absolute atomic E-state index is 10.8. The SMILES string of the molecule is N#CC(CCC(=O)O)(CCC(=O)O)CCc1cccc(Br)c1. The molecule has 0 radical (unpaired) electrons. The van der Waals surface area contributed by atoms with Crippen LogP contribution in [0.15, 0.2) is 28.7 Å². The fraction of sp³-hybridized carbons (Fsp3) is 0.438. The number of halogens is 1. The Morgan fingerprint density at radius 1 is 1.14 bits per heavy atom. The summed E-state index contributed by atoms with van der Waals surface area (Å²) in [7, 11) is 0. The molecule has 0 bridgehead atoms. The Bertz CT molecular complexity index is 562. The summed E-state index contributed by atoms with van der Waals surface area (Å²) in [6.07, 6.45) is 1.12. The summed E-state index contributed by atoms with van der Waals surface area (Å²) in [5.41, 5.74) is 0.110. The van der Waals surface area contributed by atoms with Crippen LogP contribution in [0.2, 0.25) is 0 Å². The summed E-state index contributed by atoms with van der Waals surface area (Å²) in [6.45, 7) is 0. The van der Waals surface area contributed by atoms with E-state index in [-0.39, 0.29) is 25.7 Å². The van der Waals surface area contributed by atoms with Crippen molar-refractivity contribution < 1.29 is 19.8 Å². The van der Waals surface area contributed by atoms with E-state index in [0.29, 0.717) is 12.8 Å². The van der Waals surface area contributed by atoms with Gasteiger partial charge in [0, 0.05) is 17.3 Å². The molecule has 0 aliphatic heterocycles. The van der Waals surface area contributed by atoms with Crippen LogP contribution in [0, 0.1) is 16.7 Å². The maximum Gasteiger partial charge on any atom is 0.303 e. The molecule has 0 fully saturated rings. The van der Waals surface area contributed by atoms with Gasteiger partial charge in [-0.3, -0.25) is 9.59 Å². The van der Waals surface area contributed by atoms with Gasteiger partial charge in [0.25, 0.3) is 0 Å². The molecule has 2 N–H and O–H groups in total. The number of aryl methyl sites for hydroxylation is 1. The zero-order chi connectivity index (χ0) is 16.6. The quantitative estimate of drug-likeness (QED) is 0.694. The van der Waals surface area contributed by atoms with Crippen LogP contribution >= 0.6 is 15.9 Å². The van der Waals surface area contributed by atoms with Gasteiger partial charge in [0.05, 0.1) is 11.5 Å². The molecule has 0 heterocycles. The summed E-state index contributed by atoms with van der Waals surface area (Å²) in [5.74, 6) is -1.95. The van der Waals surface area contributed by atoms with Crippen LogP contribution < -0.4 is 0 Å². The summed E-state index contributed by atoms with van der Waals surface area (Å²) in [5, 5.41) is 27.2. The fourth-order valence-corrected chi connectivity index (χ4v) is 2.76. The van der Waals surface area contributed by atoms with Crippen molar-refractivity contribution in [3.05, 3.63) is 34.3 Å². The molecule has 1 aromatic rings. The van der Waals surface area contributed by atoms with Gasteiger partial charge in [-0.05, 0) is 43.4 Å². The van der Waals surface area contributed by atoms with Crippen molar-refractivity contribution in [2.24, 2.45) is 5.41 Å². The third-order valence-electron chi connectivity index (χ3n) is 3.65. The van der Waals surface area contributed by atoms with Gasteiger partial charge in [0.2, 0.25) is 0 Å². The zero-order valence-corrected chi connectivity index (χ0v) is 13.7. The molecule has 0 aromatic heterocycles. The minimum absolute atomic E-state index is 0.133. The molecule has 0 unspecified atom stereocenters. The van der Waals surface area contributed by atoms with Gasteiger partial charge in [-0.1, -0.05) is 28.1 Å². The van der Waals surface area contributed by atoms with Crippen LogP contribution in [-0.4, -0.2) is 22.2 Å². The normalized spacial score (nSPS) is 10.9. The Morgan fingerprint density at radius 3 is 2.18 bits per heavy atom. The number of nitrogens with zero attached hydrogens (tertiary/aromatic N) is 1. The largest absolute Gasteiger partial charge is 0.481 e. The molecule has 0 spiro atoms. The van der Waals surface area contributed by atoms with Gasteiger partial charge in [-0.15, -0.1) is 0 Å². The Kier molecular flexibility index (Phi) is 7.06. The lowest BCUT2D eigenvalue weighted by molar-refractivity contribution is -0.137. The highest BCUT2D eigenvalue weighted by Gasteiger charge is 2.31. The maximum atomic E-state index is 10.8. The van der Waals surface area contributed by atoms with Crippen LogP contribution in [0.5, 0.6) is 0 Å².